The number of nitriles is 1. The van der Waals surface area contributed by atoms with Crippen molar-refractivity contribution >= 4 is 5.69 Å². The van der Waals surface area contributed by atoms with Gasteiger partial charge in [-0.15, -0.1) is 0 Å². The van der Waals surface area contributed by atoms with Crippen LogP contribution in [0.4, 0.5) is 5.69 Å². The molecule has 2 aromatic carbocycles. The SMILES string of the molecule is N#CCc1ccc(NCc2ccc(O)c(O)c2)cc1. The minimum atomic E-state index is -0.122. The number of nitrogens with zero attached hydrogens (tertiary/aromatic N) is 1. The Labute approximate surface area is 111 Å². The van der Waals surface area contributed by atoms with Gasteiger partial charge in [0, 0.05) is 12.2 Å². The second kappa shape index (κ2) is 5.78. The maximum atomic E-state index is 9.38. The van der Waals surface area contributed by atoms with E-state index in [9.17, 15) is 10.2 Å². The first-order valence-corrected chi connectivity index (χ1v) is 5.89. The quantitative estimate of drug-likeness (QED) is 0.733. The molecule has 0 unspecified atom stereocenters. The van der Waals surface area contributed by atoms with E-state index in [-0.39, 0.29) is 11.5 Å². The van der Waals surface area contributed by atoms with Crippen LogP contribution in [0.15, 0.2) is 42.5 Å². The highest BCUT2D eigenvalue weighted by Crippen LogP contribution is 2.25. The molecular formula is C15H14N2O2. The van der Waals surface area contributed by atoms with Crippen LogP contribution < -0.4 is 5.32 Å². The zero-order valence-corrected chi connectivity index (χ0v) is 10.3. The van der Waals surface area contributed by atoms with Gasteiger partial charge < -0.3 is 15.5 Å². The minimum Gasteiger partial charge on any atom is -0.504 e. The molecule has 0 fully saturated rings. The van der Waals surface area contributed by atoms with Crippen molar-refractivity contribution in [1.82, 2.24) is 0 Å². The van der Waals surface area contributed by atoms with Gasteiger partial charge in [0.15, 0.2) is 11.5 Å². The molecular weight excluding hydrogens is 240 g/mol. The number of phenolic OH excluding ortho intramolecular Hbond substituents is 2. The first-order valence-electron chi connectivity index (χ1n) is 5.89. The van der Waals surface area contributed by atoms with E-state index >= 15 is 0 Å². The maximum Gasteiger partial charge on any atom is 0.157 e. The molecule has 0 heterocycles. The van der Waals surface area contributed by atoms with E-state index in [4.69, 9.17) is 5.26 Å². The normalized spacial score (nSPS) is 9.84. The van der Waals surface area contributed by atoms with Crippen LogP contribution in [0.3, 0.4) is 0 Å². The molecule has 0 atom stereocenters. The molecule has 0 saturated carbocycles. The number of aromatic hydroxyl groups is 2. The smallest absolute Gasteiger partial charge is 0.157 e. The molecule has 3 N–H and O–H groups in total. The predicted molar refractivity (Wildman–Crippen MR) is 72.9 cm³/mol. The molecule has 0 bridgehead atoms. The summed E-state index contributed by atoms with van der Waals surface area (Å²) in [5.74, 6) is -0.242. The fourth-order valence-corrected chi connectivity index (χ4v) is 1.71. The van der Waals surface area contributed by atoms with Gasteiger partial charge in [-0.3, -0.25) is 0 Å². The average molecular weight is 254 g/mol. The number of anilines is 1. The lowest BCUT2D eigenvalue weighted by Crippen LogP contribution is -1.99. The first-order chi connectivity index (χ1) is 9.19. The zero-order valence-electron chi connectivity index (χ0n) is 10.3. The van der Waals surface area contributed by atoms with Gasteiger partial charge in [0.05, 0.1) is 12.5 Å². The fraction of sp³-hybridized carbons (Fsp3) is 0.133. The number of nitrogens with one attached hydrogen (secondary N) is 1. The van der Waals surface area contributed by atoms with E-state index in [1.54, 1.807) is 6.07 Å². The van der Waals surface area contributed by atoms with Crippen LogP contribution >= 0.6 is 0 Å². The molecule has 96 valence electrons. The largest absolute Gasteiger partial charge is 0.504 e. The lowest BCUT2D eigenvalue weighted by atomic mass is 10.1. The standard InChI is InChI=1S/C15H14N2O2/c16-8-7-11-1-4-13(5-2-11)17-10-12-3-6-14(18)15(19)9-12/h1-6,9,17-19H,7,10H2. The van der Waals surface area contributed by atoms with E-state index in [0.717, 1.165) is 16.8 Å². The predicted octanol–water partition coefficient (Wildman–Crippen LogP) is 2.78. The van der Waals surface area contributed by atoms with Gasteiger partial charge >= 0.3 is 0 Å². The van der Waals surface area contributed by atoms with Crippen molar-refractivity contribution in [3.63, 3.8) is 0 Å². The molecule has 2 aromatic rings. The van der Waals surface area contributed by atoms with Crippen molar-refractivity contribution in [2.45, 2.75) is 13.0 Å². The molecule has 0 aliphatic heterocycles. The monoisotopic (exact) mass is 254 g/mol. The molecule has 0 radical (unpaired) electrons. The molecule has 0 amide bonds. The van der Waals surface area contributed by atoms with Gasteiger partial charge in [-0.1, -0.05) is 18.2 Å². The Balaban J connectivity index is 1.98. The molecule has 0 aliphatic carbocycles. The Morgan fingerprint density at radius 1 is 0.947 bits per heavy atom. The molecule has 4 heteroatoms. The van der Waals surface area contributed by atoms with Gasteiger partial charge in [0.1, 0.15) is 0 Å². The van der Waals surface area contributed by atoms with E-state index < -0.39 is 0 Å². The van der Waals surface area contributed by atoms with Crippen LogP contribution in [-0.2, 0) is 13.0 Å². The molecule has 0 saturated heterocycles. The third kappa shape index (κ3) is 3.39. The molecule has 0 spiro atoms. The summed E-state index contributed by atoms with van der Waals surface area (Å²) in [6.07, 6.45) is 0.409. The number of phenols is 2. The van der Waals surface area contributed by atoms with Crippen LogP contribution in [-0.4, -0.2) is 10.2 Å². The van der Waals surface area contributed by atoms with Gasteiger partial charge in [0.2, 0.25) is 0 Å². The van der Waals surface area contributed by atoms with Crippen molar-refractivity contribution in [3.05, 3.63) is 53.6 Å². The molecule has 4 nitrogen and oxygen atoms in total. The first kappa shape index (κ1) is 12.8. The van der Waals surface area contributed by atoms with Gasteiger partial charge in [-0.05, 0) is 35.4 Å². The van der Waals surface area contributed by atoms with Crippen LogP contribution in [0.5, 0.6) is 11.5 Å². The molecule has 0 aromatic heterocycles. The Kier molecular flexibility index (Phi) is 3.89. The van der Waals surface area contributed by atoms with Crippen molar-refractivity contribution in [2.24, 2.45) is 0 Å². The molecule has 2 rings (SSSR count). The Bertz CT molecular complexity index is 601. The van der Waals surface area contributed by atoms with E-state index in [1.165, 1.54) is 12.1 Å². The average Bonchev–Trinajstić information content (AvgIpc) is 2.42. The summed E-state index contributed by atoms with van der Waals surface area (Å²) < 4.78 is 0. The summed E-state index contributed by atoms with van der Waals surface area (Å²) in [5.41, 5.74) is 2.79. The summed E-state index contributed by atoms with van der Waals surface area (Å²) in [6.45, 7) is 0.547. The summed E-state index contributed by atoms with van der Waals surface area (Å²) in [4.78, 5) is 0. The maximum absolute atomic E-state index is 9.38. The Morgan fingerprint density at radius 3 is 2.26 bits per heavy atom. The summed E-state index contributed by atoms with van der Waals surface area (Å²) in [5, 5.41) is 30.4. The highest BCUT2D eigenvalue weighted by Gasteiger charge is 2.00. The van der Waals surface area contributed by atoms with Crippen molar-refractivity contribution in [3.8, 4) is 17.6 Å². The number of hydrogen-bond acceptors (Lipinski definition) is 4. The van der Waals surface area contributed by atoms with Gasteiger partial charge in [-0.2, -0.15) is 5.26 Å². The van der Waals surface area contributed by atoms with Crippen molar-refractivity contribution in [2.75, 3.05) is 5.32 Å². The van der Waals surface area contributed by atoms with E-state index in [1.807, 2.05) is 24.3 Å². The lowest BCUT2D eigenvalue weighted by Gasteiger charge is -2.08. The summed E-state index contributed by atoms with van der Waals surface area (Å²) >= 11 is 0. The summed E-state index contributed by atoms with van der Waals surface area (Å²) in [7, 11) is 0. The Hall–Kier alpha value is -2.67. The Morgan fingerprint density at radius 2 is 1.63 bits per heavy atom. The van der Waals surface area contributed by atoms with E-state index in [0.29, 0.717) is 13.0 Å². The second-order valence-corrected chi connectivity index (χ2v) is 4.21. The number of hydrogen-bond donors (Lipinski definition) is 3. The second-order valence-electron chi connectivity index (χ2n) is 4.21. The minimum absolute atomic E-state index is 0.121. The zero-order chi connectivity index (χ0) is 13.7. The molecule has 0 aliphatic rings. The molecule has 19 heavy (non-hydrogen) atoms. The van der Waals surface area contributed by atoms with Crippen molar-refractivity contribution < 1.29 is 10.2 Å². The number of benzene rings is 2. The van der Waals surface area contributed by atoms with E-state index in [2.05, 4.69) is 11.4 Å². The number of rotatable bonds is 4. The topological polar surface area (TPSA) is 76.3 Å². The highest BCUT2D eigenvalue weighted by atomic mass is 16.3. The van der Waals surface area contributed by atoms with Crippen molar-refractivity contribution in [1.29, 1.82) is 5.26 Å². The van der Waals surface area contributed by atoms with Crippen LogP contribution in [0.25, 0.3) is 0 Å². The van der Waals surface area contributed by atoms with Crippen LogP contribution in [0.1, 0.15) is 11.1 Å². The summed E-state index contributed by atoms with van der Waals surface area (Å²) in [6, 6.07) is 14.4. The fourth-order valence-electron chi connectivity index (χ4n) is 1.71. The van der Waals surface area contributed by atoms with Gasteiger partial charge in [-0.25, -0.2) is 0 Å². The highest BCUT2D eigenvalue weighted by molar-refractivity contribution is 5.47. The van der Waals surface area contributed by atoms with Gasteiger partial charge in [0.25, 0.3) is 0 Å². The van der Waals surface area contributed by atoms with Crippen LogP contribution in [0.2, 0.25) is 0 Å². The lowest BCUT2D eigenvalue weighted by molar-refractivity contribution is 0.403. The third-order valence-corrected chi connectivity index (χ3v) is 2.77. The third-order valence-electron chi connectivity index (χ3n) is 2.77. The van der Waals surface area contributed by atoms with Crippen LogP contribution in [0, 0.1) is 11.3 Å².